The monoisotopic (exact) mass is 324 g/mol. The highest BCUT2D eigenvalue weighted by molar-refractivity contribution is 5.67. The van der Waals surface area contributed by atoms with Crippen LogP contribution in [0.4, 0.5) is 5.69 Å². The summed E-state index contributed by atoms with van der Waals surface area (Å²) in [4.78, 5) is 11.3. The number of hydrogen-bond donors (Lipinski definition) is 2. The van der Waals surface area contributed by atoms with Crippen LogP contribution >= 0.6 is 0 Å². The third-order valence-corrected chi connectivity index (χ3v) is 4.72. The van der Waals surface area contributed by atoms with Crippen molar-refractivity contribution in [1.82, 2.24) is 0 Å². The predicted molar refractivity (Wildman–Crippen MR) is 97.5 cm³/mol. The Hall–Kier alpha value is -2.39. The topological polar surface area (TPSA) is 53.9 Å². The van der Waals surface area contributed by atoms with Gasteiger partial charge in [-0.1, -0.05) is 60.7 Å². The number of carboxylic acid groups (broad SMARTS) is 1. The summed E-state index contributed by atoms with van der Waals surface area (Å²) in [6, 6.07) is 18.5. The average Bonchev–Trinajstić information content (AvgIpc) is 2.59. The van der Waals surface area contributed by atoms with Gasteiger partial charge < -0.3 is 10.4 Å². The standard InChI is InChI=1S/C21H25NO2/c1-16(2)21(14-13-20(23)24,15-17-9-5-4-6-10-17)18-11-7-8-12-19(18)22-3/h4-12,22H,1,13-15H2,2-3H3,(H,23,24)/p+1. The molecule has 0 aliphatic carbocycles. The van der Waals surface area contributed by atoms with Crippen LogP contribution in [0.2, 0.25) is 0 Å². The molecule has 0 saturated carbocycles. The number of carbonyl (C=O) groups is 1. The van der Waals surface area contributed by atoms with E-state index in [4.69, 9.17) is 0 Å². The third kappa shape index (κ3) is 3.92. The zero-order valence-electron chi connectivity index (χ0n) is 14.5. The first-order valence-corrected chi connectivity index (χ1v) is 8.30. The van der Waals surface area contributed by atoms with Crippen LogP contribution < -0.4 is 5.32 Å². The number of allylic oxidation sites excluding steroid dienone is 1. The van der Waals surface area contributed by atoms with E-state index in [1.165, 1.54) is 5.56 Å². The van der Waals surface area contributed by atoms with Crippen LogP contribution in [0.3, 0.4) is 0 Å². The molecule has 0 bridgehead atoms. The van der Waals surface area contributed by atoms with E-state index in [1.807, 2.05) is 44.3 Å². The Balaban J connectivity index is 2.56. The Morgan fingerprint density at radius 1 is 1.12 bits per heavy atom. The van der Waals surface area contributed by atoms with Crippen molar-refractivity contribution in [3.63, 3.8) is 0 Å². The Kier molecular flexibility index (Phi) is 5.93. The number of hydrogen-bond acceptors (Lipinski definition) is 1. The molecule has 1 atom stereocenters. The van der Waals surface area contributed by atoms with Crippen LogP contribution in [0.1, 0.15) is 30.9 Å². The Morgan fingerprint density at radius 2 is 1.75 bits per heavy atom. The summed E-state index contributed by atoms with van der Waals surface area (Å²) in [5, 5.41) is 11.3. The number of quaternary nitrogens is 1. The van der Waals surface area contributed by atoms with Gasteiger partial charge in [0, 0.05) is 17.4 Å². The van der Waals surface area contributed by atoms with E-state index in [0.717, 1.165) is 23.2 Å². The van der Waals surface area contributed by atoms with Crippen LogP contribution in [-0.4, -0.2) is 18.1 Å². The van der Waals surface area contributed by atoms with Gasteiger partial charge in [0.15, 0.2) is 0 Å². The van der Waals surface area contributed by atoms with Gasteiger partial charge in [0.05, 0.1) is 7.05 Å². The minimum absolute atomic E-state index is 0.123. The molecular weight excluding hydrogens is 298 g/mol. The fraction of sp³-hybridized carbons (Fsp3) is 0.286. The molecular formula is C21H26NO2+. The summed E-state index contributed by atoms with van der Waals surface area (Å²) in [5.74, 6) is -0.772. The average molecular weight is 324 g/mol. The Morgan fingerprint density at radius 3 is 2.33 bits per heavy atom. The molecule has 0 spiro atoms. The second-order valence-electron chi connectivity index (χ2n) is 6.29. The molecule has 0 amide bonds. The van der Waals surface area contributed by atoms with E-state index >= 15 is 0 Å². The van der Waals surface area contributed by atoms with Crippen molar-refractivity contribution >= 4 is 11.7 Å². The van der Waals surface area contributed by atoms with E-state index in [2.05, 4.69) is 36.2 Å². The van der Waals surface area contributed by atoms with E-state index in [0.29, 0.717) is 6.42 Å². The maximum atomic E-state index is 11.3. The molecule has 126 valence electrons. The van der Waals surface area contributed by atoms with Crippen LogP contribution in [0.25, 0.3) is 0 Å². The molecule has 2 aromatic carbocycles. The minimum Gasteiger partial charge on any atom is -0.481 e. The van der Waals surface area contributed by atoms with Gasteiger partial charge in [-0.2, -0.15) is 0 Å². The lowest BCUT2D eigenvalue weighted by molar-refractivity contribution is -0.540. The highest BCUT2D eigenvalue weighted by Gasteiger charge is 2.36. The largest absolute Gasteiger partial charge is 0.481 e. The SMILES string of the molecule is C=C(C)C(CCC(=O)O)(Cc1ccccc1)c1ccccc1[NH2+]C. The van der Waals surface area contributed by atoms with Crippen molar-refractivity contribution < 1.29 is 15.2 Å². The highest BCUT2D eigenvalue weighted by Crippen LogP contribution is 2.41. The lowest BCUT2D eigenvalue weighted by atomic mass is 9.67. The van der Waals surface area contributed by atoms with Crippen LogP contribution in [0.15, 0.2) is 66.7 Å². The summed E-state index contributed by atoms with van der Waals surface area (Å²) in [6.45, 7) is 6.26. The van der Waals surface area contributed by atoms with Crippen molar-refractivity contribution in [2.75, 3.05) is 7.05 Å². The van der Waals surface area contributed by atoms with Gasteiger partial charge in [0.2, 0.25) is 0 Å². The zero-order chi connectivity index (χ0) is 17.6. The number of rotatable bonds is 8. The van der Waals surface area contributed by atoms with Crippen molar-refractivity contribution in [3.05, 3.63) is 77.9 Å². The number of nitrogens with two attached hydrogens (primary N) is 1. The normalized spacial score (nSPS) is 13.2. The lowest BCUT2D eigenvalue weighted by Crippen LogP contribution is -2.73. The van der Waals surface area contributed by atoms with Crippen molar-refractivity contribution in [1.29, 1.82) is 0 Å². The van der Waals surface area contributed by atoms with Gasteiger partial charge in [-0.05, 0) is 31.4 Å². The second kappa shape index (κ2) is 7.93. The fourth-order valence-electron chi connectivity index (χ4n) is 3.36. The van der Waals surface area contributed by atoms with Crippen molar-refractivity contribution in [2.24, 2.45) is 0 Å². The molecule has 0 aliphatic heterocycles. The number of para-hydroxylation sites is 1. The molecule has 3 N–H and O–H groups in total. The van der Waals surface area contributed by atoms with E-state index in [1.54, 1.807) is 0 Å². The second-order valence-corrected chi connectivity index (χ2v) is 6.29. The molecule has 3 heteroatoms. The molecule has 0 heterocycles. The number of carboxylic acids is 1. The predicted octanol–water partition coefficient (Wildman–Crippen LogP) is 3.43. The van der Waals surface area contributed by atoms with Gasteiger partial charge in [-0.3, -0.25) is 4.79 Å². The van der Waals surface area contributed by atoms with Gasteiger partial charge in [0.25, 0.3) is 0 Å². The molecule has 0 radical (unpaired) electrons. The van der Waals surface area contributed by atoms with E-state index in [9.17, 15) is 9.90 Å². The fourth-order valence-corrected chi connectivity index (χ4v) is 3.36. The Labute approximate surface area is 144 Å². The van der Waals surface area contributed by atoms with Gasteiger partial charge in [-0.15, -0.1) is 0 Å². The number of benzene rings is 2. The molecule has 24 heavy (non-hydrogen) atoms. The summed E-state index contributed by atoms with van der Waals surface area (Å²) >= 11 is 0. The molecule has 3 nitrogen and oxygen atoms in total. The quantitative estimate of drug-likeness (QED) is 0.577. The Bertz CT molecular complexity index is 709. The first-order chi connectivity index (χ1) is 11.5. The van der Waals surface area contributed by atoms with E-state index < -0.39 is 5.97 Å². The lowest BCUT2D eigenvalue weighted by Gasteiger charge is -2.35. The molecule has 0 saturated heterocycles. The molecule has 2 aromatic rings. The van der Waals surface area contributed by atoms with Gasteiger partial charge >= 0.3 is 5.97 Å². The summed E-state index contributed by atoms with van der Waals surface area (Å²) in [7, 11) is 2.02. The summed E-state index contributed by atoms with van der Waals surface area (Å²) in [5.41, 5.74) is 4.11. The summed E-state index contributed by atoms with van der Waals surface area (Å²) in [6.07, 6.45) is 1.41. The molecule has 1 unspecified atom stereocenters. The first-order valence-electron chi connectivity index (χ1n) is 8.30. The smallest absolute Gasteiger partial charge is 0.303 e. The van der Waals surface area contributed by atoms with Crippen LogP contribution in [0.5, 0.6) is 0 Å². The van der Waals surface area contributed by atoms with Gasteiger partial charge in [0.1, 0.15) is 5.69 Å². The molecule has 2 rings (SSSR count). The maximum Gasteiger partial charge on any atom is 0.303 e. The highest BCUT2D eigenvalue weighted by atomic mass is 16.4. The maximum absolute atomic E-state index is 11.3. The molecule has 0 aromatic heterocycles. The first kappa shape index (κ1) is 18.0. The molecule has 0 fully saturated rings. The minimum atomic E-state index is -0.772. The van der Waals surface area contributed by atoms with Crippen molar-refractivity contribution in [3.8, 4) is 0 Å². The van der Waals surface area contributed by atoms with Crippen molar-refractivity contribution in [2.45, 2.75) is 31.6 Å². The summed E-state index contributed by atoms with van der Waals surface area (Å²) < 4.78 is 0. The third-order valence-electron chi connectivity index (χ3n) is 4.72. The van der Waals surface area contributed by atoms with E-state index in [-0.39, 0.29) is 11.8 Å². The zero-order valence-corrected chi connectivity index (χ0v) is 14.5. The number of aliphatic carboxylic acids is 1. The molecule has 0 aliphatic rings. The van der Waals surface area contributed by atoms with Crippen LogP contribution in [-0.2, 0) is 16.6 Å². The van der Waals surface area contributed by atoms with Crippen LogP contribution in [0, 0.1) is 0 Å². The van der Waals surface area contributed by atoms with Gasteiger partial charge in [-0.25, -0.2) is 0 Å².